The lowest BCUT2D eigenvalue weighted by Crippen LogP contribution is -2.32. The molecule has 0 aromatic carbocycles. The molecule has 0 bridgehead atoms. The Kier molecular flexibility index (Phi) is 4.76. The topological polar surface area (TPSA) is 59.5 Å². The molecule has 1 saturated heterocycles. The van der Waals surface area contributed by atoms with Gasteiger partial charge in [-0.25, -0.2) is 8.42 Å². The van der Waals surface area contributed by atoms with Crippen LogP contribution in [0, 0.1) is 0 Å². The highest BCUT2D eigenvalue weighted by molar-refractivity contribution is 7.89. The second-order valence-corrected chi connectivity index (χ2v) is 6.83. The average molecular weight is 284 g/mol. The van der Waals surface area contributed by atoms with Crippen LogP contribution in [0.2, 0.25) is 0 Å². The van der Waals surface area contributed by atoms with Crippen LogP contribution in [0.5, 0.6) is 5.75 Å². The third-order valence-electron chi connectivity index (χ3n) is 3.21. The molecule has 0 spiro atoms. The molecule has 5 nitrogen and oxygen atoms in total. The molecule has 106 valence electrons. The van der Waals surface area contributed by atoms with Crippen molar-refractivity contribution < 1.29 is 13.2 Å². The molecular formula is C13H20N2O3S. The molecule has 0 aliphatic carbocycles. The molecule has 1 aromatic rings. The van der Waals surface area contributed by atoms with E-state index in [0.717, 1.165) is 18.6 Å². The zero-order valence-electron chi connectivity index (χ0n) is 11.2. The standard InChI is InChI=1S/C13H20N2O3S/c1-2-3-10-19(16,17)15-9-6-13(11-15)18-12-4-7-14-8-5-12/h4-5,7-8,13H,2-3,6,9-11H2,1H3. The molecule has 1 unspecified atom stereocenters. The van der Waals surface area contributed by atoms with Gasteiger partial charge >= 0.3 is 0 Å². The molecule has 1 fully saturated rings. The second-order valence-electron chi connectivity index (χ2n) is 4.74. The Labute approximate surface area is 114 Å². The summed E-state index contributed by atoms with van der Waals surface area (Å²) in [6.45, 7) is 3.00. The zero-order chi connectivity index (χ0) is 13.7. The summed E-state index contributed by atoms with van der Waals surface area (Å²) in [5.74, 6) is 0.985. The Morgan fingerprint density at radius 1 is 1.42 bits per heavy atom. The van der Waals surface area contributed by atoms with Gasteiger partial charge in [-0.2, -0.15) is 4.31 Å². The zero-order valence-corrected chi connectivity index (χ0v) is 12.0. The number of aromatic nitrogens is 1. The van der Waals surface area contributed by atoms with Crippen molar-refractivity contribution in [2.24, 2.45) is 0 Å². The fourth-order valence-electron chi connectivity index (χ4n) is 2.11. The van der Waals surface area contributed by atoms with Crippen LogP contribution in [0.25, 0.3) is 0 Å². The van der Waals surface area contributed by atoms with Gasteiger partial charge in [-0.3, -0.25) is 4.98 Å². The summed E-state index contributed by atoms with van der Waals surface area (Å²) in [4.78, 5) is 3.92. The van der Waals surface area contributed by atoms with E-state index < -0.39 is 10.0 Å². The van der Waals surface area contributed by atoms with E-state index in [2.05, 4.69) is 4.98 Å². The van der Waals surface area contributed by atoms with Gasteiger partial charge in [0.15, 0.2) is 0 Å². The van der Waals surface area contributed by atoms with Crippen molar-refractivity contribution in [3.8, 4) is 5.75 Å². The highest BCUT2D eigenvalue weighted by Crippen LogP contribution is 2.20. The van der Waals surface area contributed by atoms with Crippen LogP contribution in [0.15, 0.2) is 24.5 Å². The van der Waals surface area contributed by atoms with Crippen LogP contribution >= 0.6 is 0 Å². The molecule has 2 rings (SSSR count). The van der Waals surface area contributed by atoms with Crippen molar-refractivity contribution in [3.05, 3.63) is 24.5 Å². The summed E-state index contributed by atoms with van der Waals surface area (Å²) in [5, 5.41) is 0. The minimum atomic E-state index is -3.11. The molecule has 2 heterocycles. The first-order chi connectivity index (χ1) is 9.12. The summed E-state index contributed by atoms with van der Waals surface area (Å²) in [7, 11) is -3.11. The van der Waals surface area contributed by atoms with Crippen LogP contribution in [0.3, 0.4) is 0 Å². The number of hydrogen-bond acceptors (Lipinski definition) is 4. The fourth-order valence-corrected chi connectivity index (χ4v) is 3.80. The SMILES string of the molecule is CCCCS(=O)(=O)N1CCC(Oc2ccncc2)C1. The van der Waals surface area contributed by atoms with Crippen LogP contribution < -0.4 is 4.74 Å². The number of rotatable bonds is 6. The molecule has 6 heteroatoms. The van der Waals surface area contributed by atoms with Crippen molar-refractivity contribution in [1.82, 2.24) is 9.29 Å². The van der Waals surface area contributed by atoms with Gasteiger partial charge in [-0.1, -0.05) is 13.3 Å². The maximum atomic E-state index is 12.1. The van der Waals surface area contributed by atoms with E-state index in [1.807, 2.05) is 6.92 Å². The van der Waals surface area contributed by atoms with Gasteiger partial charge in [0.25, 0.3) is 0 Å². The normalized spacial score (nSPS) is 20.6. The summed E-state index contributed by atoms with van der Waals surface area (Å²) < 4.78 is 31.4. The number of sulfonamides is 1. The Bertz CT molecular complexity index is 490. The van der Waals surface area contributed by atoms with Crippen LogP contribution in [0.1, 0.15) is 26.2 Å². The van der Waals surface area contributed by atoms with Crippen LogP contribution in [0.4, 0.5) is 0 Å². The van der Waals surface area contributed by atoms with Gasteiger partial charge in [-0.05, 0) is 25.0 Å². The fraction of sp³-hybridized carbons (Fsp3) is 0.615. The molecule has 0 amide bonds. The number of nitrogens with zero attached hydrogens (tertiary/aromatic N) is 2. The van der Waals surface area contributed by atoms with E-state index in [-0.39, 0.29) is 11.9 Å². The highest BCUT2D eigenvalue weighted by Gasteiger charge is 2.31. The van der Waals surface area contributed by atoms with E-state index in [1.54, 1.807) is 28.8 Å². The van der Waals surface area contributed by atoms with Gasteiger partial charge < -0.3 is 4.74 Å². The monoisotopic (exact) mass is 284 g/mol. The van der Waals surface area contributed by atoms with Crippen molar-refractivity contribution >= 4 is 10.0 Å². The number of unbranched alkanes of at least 4 members (excludes halogenated alkanes) is 1. The maximum absolute atomic E-state index is 12.1. The molecule has 19 heavy (non-hydrogen) atoms. The van der Waals surface area contributed by atoms with Gasteiger partial charge in [0.2, 0.25) is 10.0 Å². The third-order valence-corrected chi connectivity index (χ3v) is 5.13. The van der Waals surface area contributed by atoms with E-state index in [4.69, 9.17) is 4.74 Å². The van der Waals surface area contributed by atoms with Crippen molar-refractivity contribution in [3.63, 3.8) is 0 Å². The van der Waals surface area contributed by atoms with Crippen LogP contribution in [-0.4, -0.2) is 42.7 Å². The molecule has 1 aliphatic heterocycles. The highest BCUT2D eigenvalue weighted by atomic mass is 32.2. The first-order valence-corrected chi connectivity index (χ1v) is 8.27. The minimum Gasteiger partial charge on any atom is -0.489 e. The van der Waals surface area contributed by atoms with E-state index >= 15 is 0 Å². The van der Waals surface area contributed by atoms with Crippen molar-refractivity contribution in [2.75, 3.05) is 18.8 Å². The molecule has 0 radical (unpaired) electrons. The number of hydrogen-bond donors (Lipinski definition) is 0. The maximum Gasteiger partial charge on any atom is 0.214 e. The molecule has 1 aliphatic rings. The van der Waals surface area contributed by atoms with Gasteiger partial charge in [0.05, 0.1) is 12.3 Å². The second kappa shape index (κ2) is 6.34. The Hall–Kier alpha value is -1.14. The van der Waals surface area contributed by atoms with Gasteiger partial charge in [0.1, 0.15) is 11.9 Å². The smallest absolute Gasteiger partial charge is 0.214 e. The largest absolute Gasteiger partial charge is 0.489 e. The number of ether oxygens (including phenoxy) is 1. The minimum absolute atomic E-state index is 0.0567. The van der Waals surface area contributed by atoms with E-state index in [0.29, 0.717) is 19.5 Å². The van der Waals surface area contributed by atoms with E-state index in [9.17, 15) is 8.42 Å². The Morgan fingerprint density at radius 3 is 2.84 bits per heavy atom. The summed E-state index contributed by atoms with van der Waals surface area (Å²) in [5.41, 5.74) is 0. The van der Waals surface area contributed by atoms with Crippen molar-refractivity contribution in [2.45, 2.75) is 32.3 Å². The van der Waals surface area contributed by atoms with Gasteiger partial charge in [-0.15, -0.1) is 0 Å². The Balaban J connectivity index is 1.89. The number of pyridine rings is 1. The summed E-state index contributed by atoms with van der Waals surface area (Å²) in [6, 6.07) is 3.57. The quantitative estimate of drug-likeness (QED) is 0.797. The predicted octanol–water partition coefficient (Wildman–Crippen LogP) is 1.66. The van der Waals surface area contributed by atoms with Crippen molar-refractivity contribution in [1.29, 1.82) is 0 Å². The Morgan fingerprint density at radius 2 is 2.16 bits per heavy atom. The molecule has 1 aromatic heterocycles. The van der Waals surface area contributed by atoms with E-state index in [1.165, 1.54) is 0 Å². The first kappa shape index (κ1) is 14.3. The first-order valence-electron chi connectivity index (χ1n) is 6.66. The lowest BCUT2D eigenvalue weighted by molar-refractivity contribution is 0.215. The third kappa shape index (κ3) is 3.91. The lowest BCUT2D eigenvalue weighted by atomic mass is 10.3. The summed E-state index contributed by atoms with van der Waals surface area (Å²) in [6.07, 6.45) is 5.63. The molecular weight excluding hydrogens is 264 g/mol. The lowest BCUT2D eigenvalue weighted by Gasteiger charge is -2.17. The molecule has 0 saturated carbocycles. The van der Waals surface area contributed by atoms with Crippen LogP contribution in [-0.2, 0) is 10.0 Å². The molecule has 0 N–H and O–H groups in total. The van der Waals surface area contributed by atoms with Gasteiger partial charge in [0, 0.05) is 18.9 Å². The summed E-state index contributed by atoms with van der Waals surface area (Å²) >= 11 is 0. The average Bonchev–Trinajstić information content (AvgIpc) is 2.87. The predicted molar refractivity (Wildman–Crippen MR) is 73.5 cm³/mol. The molecule has 1 atom stereocenters.